The number of aromatic nitrogens is 3. The van der Waals surface area contributed by atoms with Crippen molar-refractivity contribution in [3.63, 3.8) is 0 Å². The van der Waals surface area contributed by atoms with Crippen LogP contribution < -0.4 is 0 Å². The van der Waals surface area contributed by atoms with E-state index in [-0.39, 0.29) is 16.8 Å². The van der Waals surface area contributed by atoms with Gasteiger partial charge in [-0.3, -0.25) is 0 Å². The summed E-state index contributed by atoms with van der Waals surface area (Å²) in [5, 5.41) is 11.3. The molecule has 0 atom stereocenters. The molecule has 0 radical (unpaired) electrons. The molecule has 0 saturated carbocycles. The summed E-state index contributed by atoms with van der Waals surface area (Å²) in [7, 11) is 0. The number of hydrogen-bond donors (Lipinski definition) is 0. The fourth-order valence-corrected chi connectivity index (χ4v) is 7.22. The van der Waals surface area contributed by atoms with Crippen LogP contribution in [0.5, 0.6) is 0 Å². The van der Waals surface area contributed by atoms with E-state index in [1.54, 1.807) is 66.7 Å². The highest BCUT2D eigenvalue weighted by atomic mass is 19.2. The van der Waals surface area contributed by atoms with Gasteiger partial charge in [-0.15, -0.1) is 0 Å². The van der Waals surface area contributed by atoms with Crippen LogP contribution in [0.25, 0.3) is 93.6 Å². The van der Waals surface area contributed by atoms with Crippen LogP contribution in [0.15, 0.2) is 133 Å². The summed E-state index contributed by atoms with van der Waals surface area (Å²) in [5.41, 5.74) is 5.02. The van der Waals surface area contributed by atoms with Crippen LogP contribution in [0.4, 0.5) is 27.6 Å². The lowest BCUT2D eigenvalue weighted by Gasteiger charge is -2.19. The van der Waals surface area contributed by atoms with E-state index in [9.17, 15) is 18.4 Å². The summed E-state index contributed by atoms with van der Waals surface area (Å²) in [4.78, 5) is 19.2. The minimum Gasteiger partial charge on any atom is -0.247 e. The summed E-state index contributed by atoms with van der Waals surface area (Å²) in [6.07, 6.45) is 0. The molecule has 57 heavy (non-hydrogen) atoms. The Bertz CT molecular complexity index is 3160. The van der Waals surface area contributed by atoms with Crippen molar-refractivity contribution >= 4 is 38.4 Å². The lowest BCUT2D eigenvalue weighted by atomic mass is 9.90. The molecule has 0 fully saturated rings. The van der Waals surface area contributed by atoms with Crippen LogP contribution in [0.1, 0.15) is 5.56 Å². The minimum atomic E-state index is -2.25. The number of pyridine rings is 1. The van der Waals surface area contributed by atoms with Crippen molar-refractivity contribution in [2.75, 3.05) is 0 Å². The van der Waals surface area contributed by atoms with E-state index in [2.05, 4.69) is 10.9 Å². The standard InChI is InChI=1S/C47H22F5N5/c1-54-29-21-19-28(20-22-29)43-44(27-17-15-25(24-53)16-18-27)57-47-36-32-13-7-8-14-35(32)55-45(34(36)23-33(46(47)56-43)26-9-3-2-4-10-26)31-12-6-5-11-30(31)37-38(48)40(50)42(52)41(51)39(37)49/h2-23H. The molecule has 0 spiro atoms. The molecule has 10 heteroatoms. The molecule has 2 aromatic heterocycles. The molecule has 7 aromatic carbocycles. The van der Waals surface area contributed by atoms with Crippen LogP contribution in [0, 0.1) is 47.0 Å². The van der Waals surface area contributed by atoms with E-state index < -0.39 is 34.6 Å². The summed E-state index contributed by atoms with van der Waals surface area (Å²) >= 11 is 0. The van der Waals surface area contributed by atoms with Gasteiger partial charge in [0.25, 0.3) is 0 Å². The lowest BCUT2D eigenvalue weighted by molar-refractivity contribution is 0.381. The summed E-state index contributed by atoms with van der Waals surface area (Å²) in [5.74, 6) is -10.3. The molecular formula is C47H22F5N5. The largest absolute Gasteiger partial charge is 0.247 e. The third-order valence-electron chi connectivity index (χ3n) is 9.91. The monoisotopic (exact) mass is 751 g/mol. The summed E-state index contributed by atoms with van der Waals surface area (Å²) in [6.45, 7) is 7.48. The number of hydrogen-bond acceptors (Lipinski definition) is 4. The number of rotatable bonds is 5. The van der Waals surface area contributed by atoms with E-state index >= 15 is 8.78 Å². The van der Waals surface area contributed by atoms with Gasteiger partial charge >= 0.3 is 0 Å². The van der Waals surface area contributed by atoms with Crippen molar-refractivity contribution in [3.8, 4) is 62.1 Å². The fourth-order valence-electron chi connectivity index (χ4n) is 7.22. The zero-order valence-electron chi connectivity index (χ0n) is 29.3. The second-order valence-electron chi connectivity index (χ2n) is 13.1. The van der Waals surface area contributed by atoms with Crippen LogP contribution in [0.3, 0.4) is 0 Å². The number of nitriles is 1. The van der Waals surface area contributed by atoms with E-state index in [1.807, 2.05) is 48.5 Å². The van der Waals surface area contributed by atoms with Gasteiger partial charge < -0.3 is 0 Å². The Morgan fingerprint density at radius 2 is 1.05 bits per heavy atom. The van der Waals surface area contributed by atoms with Crippen molar-refractivity contribution in [1.29, 1.82) is 5.26 Å². The minimum absolute atomic E-state index is 0.117. The Balaban J connectivity index is 1.47. The SMILES string of the molecule is [C-]#[N+]c1ccc(-c2nc3c(-c4ccccc4)cc4c(-c5ccccc5-c5c(F)c(F)c(F)c(F)c5F)nc5ccccc5c4c3nc2-c2ccc(C#N)cc2)cc1. The Morgan fingerprint density at radius 3 is 1.70 bits per heavy atom. The Morgan fingerprint density at radius 1 is 0.491 bits per heavy atom. The first-order chi connectivity index (χ1) is 27.8. The summed E-state index contributed by atoms with van der Waals surface area (Å²) < 4.78 is 74.7. The van der Waals surface area contributed by atoms with Crippen molar-refractivity contribution in [2.45, 2.75) is 0 Å². The number of para-hydroxylation sites is 1. The van der Waals surface area contributed by atoms with Crippen LogP contribution in [-0.2, 0) is 0 Å². The summed E-state index contributed by atoms with van der Waals surface area (Å²) in [6, 6.07) is 40.4. The zero-order valence-corrected chi connectivity index (χ0v) is 29.3. The second-order valence-corrected chi connectivity index (χ2v) is 13.1. The van der Waals surface area contributed by atoms with Gasteiger partial charge in [-0.05, 0) is 41.0 Å². The average molecular weight is 752 g/mol. The molecule has 0 amide bonds. The van der Waals surface area contributed by atoms with Gasteiger partial charge in [0, 0.05) is 32.8 Å². The smallest absolute Gasteiger partial charge is 0.200 e. The first kappa shape index (κ1) is 34.9. The molecular weight excluding hydrogens is 730 g/mol. The zero-order chi connectivity index (χ0) is 39.4. The second kappa shape index (κ2) is 13.8. The van der Waals surface area contributed by atoms with Gasteiger partial charge in [0.05, 0.1) is 57.4 Å². The highest BCUT2D eigenvalue weighted by Crippen LogP contribution is 2.45. The molecule has 5 nitrogen and oxygen atoms in total. The van der Waals surface area contributed by atoms with Gasteiger partial charge in [-0.2, -0.15) is 5.26 Å². The van der Waals surface area contributed by atoms with Gasteiger partial charge in [0.1, 0.15) is 0 Å². The molecule has 0 aliphatic rings. The molecule has 0 unspecified atom stereocenters. The fraction of sp³-hybridized carbons (Fsp3) is 0. The van der Waals surface area contributed by atoms with Crippen molar-refractivity contribution in [3.05, 3.63) is 180 Å². The van der Waals surface area contributed by atoms with Crippen LogP contribution in [0.2, 0.25) is 0 Å². The van der Waals surface area contributed by atoms with E-state index in [0.29, 0.717) is 72.0 Å². The topological polar surface area (TPSA) is 66.8 Å². The maximum absolute atomic E-state index is 15.5. The third kappa shape index (κ3) is 5.71. The predicted octanol–water partition coefficient (Wildman–Crippen LogP) is 12.8. The molecule has 2 heterocycles. The molecule has 0 aliphatic heterocycles. The molecule has 270 valence electrons. The number of halogens is 5. The highest BCUT2D eigenvalue weighted by Gasteiger charge is 2.29. The first-order valence-electron chi connectivity index (χ1n) is 17.5. The molecule has 0 aliphatic carbocycles. The van der Waals surface area contributed by atoms with Crippen LogP contribution >= 0.6 is 0 Å². The molecule has 9 aromatic rings. The van der Waals surface area contributed by atoms with Gasteiger partial charge in [-0.25, -0.2) is 41.7 Å². The van der Waals surface area contributed by atoms with Crippen molar-refractivity contribution < 1.29 is 22.0 Å². The van der Waals surface area contributed by atoms with Crippen molar-refractivity contribution in [2.24, 2.45) is 0 Å². The van der Waals surface area contributed by atoms with Crippen LogP contribution in [-0.4, -0.2) is 15.0 Å². The quantitative estimate of drug-likeness (QED) is 0.0577. The number of benzene rings is 7. The van der Waals surface area contributed by atoms with E-state index in [1.165, 1.54) is 18.2 Å². The molecule has 9 rings (SSSR count). The Kier molecular flexibility index (Phi) is 8.45. The van der Waals surface area contributed by atoms with E-state index in [0.717, 1.165) is 5.56 Å². The lowest BCUT2D eigenvalue weighted by Crippen LogP contribution is -2.05. The molecule has 0 saturated heterocycles. The van der Waals surface area contributed by atoms with Gasteiger partial charge in [0.2, 0.25) is 5.82 Å². The molecule has 0 N–H and O–H groups in total. The van der Waals surface area contributed by atoms with E-state index in [4.69, 9.17) is 21.5 Å². The van der Waals surface area contributed by atoms with Crippen molar-refractivity contribution in [1.82, 2.24) is 15.0 Å². The maximum atomic E-state index is 15.5. The maximum Gasteiger partial charge on any atom is 0.200 e. The van der Waals surface area contributed by atoms with Gasteiger partial charge in [0.15, 0.2) is 29.0 Å². The average Bonchev–Trinajstić information content (AvgIpc) is 3.27. The Hall–Kier alpha value is -7.82. The number of fused-ring (bicyclic) bond motifs is 5. The highest BCUT2D eigenvalue weighted by molar-refractivity contribution is 6.24. The third-order valence-corrected chi connectivity index (χ3v) is 9.91. The molecule has 0 bridgehead atoms. The Labute approximate surface area is 321 Å². The normalized spacial score (nSPS) is 11.2. The number of nitrogens with zero attached hydrogens (tertiary/aromatic N) is 5. The van der Waals surface area contributed by atoms with Gasteiger partial charge in [-0.1, -0.05) is 109 Å². The first-order valence-corrected chi connectivity index (χ1v) is 17.5. The predicted molar refractivity (Wildman–Crippen MR) is 210 cm³/mol.